The Hall–Kier alpha value is -1.17. The SMILES string of the molecule is CCOC(=O)C(C)(C)N1COC(C)=C(SC(C)C)C1=O. The van der Waals surface area contributed by atoms with E-state index in [2.05, 4.69) is 0 Å². The Labute approximate surface area is 124 Å². The van der Waals surface area contributed by atoms with Crippen LogP contribution in [0.4, 0.5) is 0 Å². The van der Waals surface area contributed by atoms with Gasteiger partial charge in [0.05, 0.1) is 6.61 Å². The van der Waals surface area contributed by atoms with Gasteiger partial charge in [0.2, 0.25) is 0 Å². The molecule has 1 rings (SSSR count). The Morgan fingerprint density at radius 1 is 1.50 bits per heavy atom. The fourth-order valence-corrected chi connectivity index (χ4v) is 2.67. The molecule has 5 nitrogen and oxygen atoms in total. The first-order chi connectivity index (χ1) is 9.21. The topological polar surface area (TPSA) is 55.8 Å². The lowest BCUT2D eigenvalue weighted by Crippen LogP contribution is -2.56. The number of allylic oxidation sites excluding steroid dienone is 1. The molecule has 0 aromatic carbocycles. The lowest BCUT2D eigenvalue weighted by molar-refractivity contribution is -0.166. The molecule has 0 saturated carbocycles. The molecule has 1 amide bonds. The molecule has 0 saturated heterocycles. The maximum absolute atomic E-state index is 12.6. The van der Waals surface area contributed by atoms with E-state index >= 15 is 0 Å². The Balaban J connectivity index is 3.00. The molecule has 20 heavy (non-hydrogen) atoms. The van der Waals surface area contributed by atoms with E-state index in [-0.39, 0.29) is 24.5 Å². The third-order valence-electron chi connectivity index (χ3n) is 2.97. The number of esters is 1. The molecule has 114 valence electrons. The van der Waals surface area contributed by atoms with Gasteiger partial charge in [-0.1, -0.05) is 13.8 Å². The molecule has 0 aliphatic carbocycles. The van der Waals surface area contributed by atoms with Gasteiger partial charge in [-0.2, -0.15) is 0 Å². The number of hydrogen-bond acceptors (Lipinski definition) is 5. The van der Waals surface area contributed by atoms with Crippen molar-refractivity contribution in [1.29, 1.82) is 0 Å². The number of ether oxygens (including phenoxy) is 2. The normalized spacial score (nSPS) is 16.6. The van der Waals surface area contributed by atoms with Gasteiger partial charge >= 0.3 is 5.97 Å². The summed E-state index contributed by atoms with van der Waals surface area (Å²) in [5, 5.41) is 0.262. The molecule has 0 atom stereocenters. The number of rotatable bonds is 5. The first-order valence-electron chi connectivity index (χ1n) is 6.71. The molecule has 1 aliphatic heterocycles. The van der Waals surface area contributed by atoms with Crippen molar-refractivity contribution in [2.75, 3.05) is 13.3 Å². The summed E-state index contributed by atoms with van der Waals surface area (Å²) < 4.78 is 10.6. The summed E-state index contributed by atoms with van der Waals surface area (Å²) in [5.41, 5.74) is -1.05. The Bertz CT molecular complexity index is 429. The van der Waals surface area contributed by atoms with Crippen LogP contribution in [0.25, 0.3) is 0 Å². The van der Waals surface area contributed by atoms with Crippen molar-refractivity contribution in [2.45, 2.75) is 52.3 Å². The number of nitrogens with zero attached hydrogens (tertiary/aromatic N) is 1. The summed E-state index contributed by atoms with van der Waals surface area (Å²) in [6, 6.07) is 0. The monoisotopic (exact) mass is 301 g/mol. The van der Waals surface area contributed by atoms with Gasteiger partial charge in [-0.15, -0.1) is 11.8 Å². The summed E-state index contributed by atoms with van der Waals surface area (Å²) >= 11 is 1.45. The van der Waals surface area contributed by atoms with E-state index in [9.17, 15) is 9.59 Å². The van der Waals surface area contributed by atoms with Crippen LogP contribution in [0.2, 0.25) is 0 Å². The van der Waals surface area contributed by atoms with Gasteiger partial charge in [-0.05, 0) is 27.7 Å². The zero-order chi connectivity index (χ0) is 15.5. The van der Waals surface area contributed by atoms with Crippen molar-refractivity contribution in [3.05, 3.63) is 10.7 Å². The van der Waals surface area contributed by atoms with E-state index in [0.717, 1.165) is 0 Å². The molecular formula is C14H23NO4S. The lowest BCUT2D eigenvalue weighted by Gasteiger charge is -2.39. The first-order valence-corrected chi connectivity index (χ1v) is 7.59. The van der Waals surface area contributed by atoms with Crippen LogP contribution in [0.5, 0.6) is 0 Å². The molecule has 1 heterocycles. The summed E-state index contributed by atoms with van der Waals surface area (Å²) in [6.07, 6.45) is 0. The predicted octanol–water partition coefficient (Wildman–Crippen LogP) is 2.52. The molecule has 0 N–H and O–H groups in total. The molecule has 6 heteroatoms. The standard InChI is InChI=1S/C14H23NO4S/c1-7-18-13(17)14(5,6)15-8-19-10(4)11(12(15)16)20-9(2)3/h9H,7-8H2,1-6H3. The molecule has 0 bridgehead atoms. The van der Waals surface area contributed by atoms with E-state index in [4.69, 9.17) is 9.47 Å². The molecule has 0 unspecified atom stereocenters. The number of thioether (sulfide) groups is 1. The maximum atomic E-state index is 12.6. The minimum Gasteiger partial charge on any atom is -0.476 e. The highest BCUT2D eigenvalue weighted by Gasteiger charge is 2.43. The van der Waals surface area contributed by atoms with Crippen LogP contribution >= 0.6 is 11.8 Å². The van der Waals surface area contributed by atoms with E-state index in [1.54, 1.807) is 27.7 Å². The molecule has 0 radical (unpaired) electrons. The Morgan fingerprint density at radius 3 is 2.60 bits per heavy atom. The zero-order valence-electron chi connectivity index (χ0n) is 13.0. The van der Waals surface area contributed by atoms with Crippen molar-refractivity contribution in [3.8, 4) is 0 Å². The van der Waals surface area contributed by atoms with Crippen LogP contribution in [-0.4, -0.2) is 40.9 Å². The summed E-state index contributed by atoms with van der Waals surface area (Å²) in [6.45, 7) is 11.2. The predicted molar refractivity (Wildman–Crippen MR) is 78.9 cm³/mol. The molecule has 0 aromatic heterocycles. The van der Waals surface area contributed by atoms with Gasteiger partial charge in [0.1, 0.15) is 16.2 Å². The largest absolute Gasteiger partial charge is 0.476 e. The molecule has 0 fully saturated rings. The van der Waals surface area contributed by atoms with Gasteiger partial charge in [0.25, 0.3) is 5.91 Å². The van der Waals surface area contributed by atoms with Crippen LogP contribution in [0.3, 0.4) is 0 Å². The van der Waals surface area contributed by atoms with Crippen molar-refractivity contribution in [3.63, 3.8) is 0 Å². The average molecular weight is 301 g/mol. The van der Waals surface area contributed by atoms with Gasteiger partial charge in [0, 0.05) is 5.25 Å². The average Bonchev–Trinajstić information content (AvgIpc) is 2.34. The van der Waals surface area contributed by atoms with Crippen molar-refractivity contribution >= 4 is 23.6 Å². The summed E-state index contributed by atoms with van der Waals surface area (Å²) in [5.74, 6) is 0.0144. The number of amides is 1. The maximum Gasteiger partial charge on any atom is 0.331 e. The second kappa shape index (κ2) is 6.52. The number of carbonyl (C=O) groups is 2. The highest BCUT2D eigenvalue weighted by atomic mass is 32.2. The fraction of sp³-hybridized carbons (Fsp3) is 0.714. The molecule has 0 aromatic rings. The van der Waals surface area contributed by atoms with Gasteiger partial charge in [-0.3, -0.25) is 9.69 Å². The second-order valence-electron chi connectivity index (χ2n) is 5.34. The van der Waals surface area contributed by atoms with Crippen molar-refractivity contribution in [1.82, 2.24) is 4.90 Å². The minimum atomic E-state index is -1.05. The smallest absolute Gasteiger partial charge is 0.331 e. The summed E-state index contributed by atoms with van der Waals surface area (Å²) in [7, 11) is 0. The molecule has 0 spiro atoms. The van der Waals surface area contributed by atoms with Gasteiger partial charge in [0.15, 0.2) is 6.73 Å². The van der Waals surface area contributed by atoms with Crippen LogP contribution in [0.1, 0.15) is 41.5 Å². The zero-order valence-corrected chi connectivity index (χ0v) is 13.8. The highest BCUT2D eigenvalue weighted by molar-refractivity contribution is 8.04. The molecular weight excluding hydrogens is 278 g/mol. The van der Waals surface area contributed by atoms with Gasteiger partial charge in [-0.25, -0.2) is 4.79 Å². The second-order valence-corrected chi connectivity index (χ2v) is 6.92. The third-order valence-corrected chi connectivity index (χ3v) is 4.14. The molecule has 1 aliphatic rings. The quantitative estimate of drug-likeness (QED) is 0.730. The minimum absolute atomic E-state index is 0.0681. The first kappa shape index (κ1) is 16.9. The van der Waals surface area contributed by atoms with E-state index < -0.39 is 11.5 Å². The van der Waals surface area contributed by atoms with E-state index in [1.165, 1.54) is 16.7 Å². The van der Waals surface area contributed by atoms with Crippen LogP contribution < -0.4 is 0 Å². The van der Waals surface area contributed by atoms with E-state index in [1.807, 2.05) is 13.8 Å². The van der Waals surface area contributed by atoms with Crippen LogP contribution in [0, 0.1) is 0 Å². The van der Waals surface area contributed by atoms with Crippen LogP contribution in [-0.2, 0) is 19.1 Å². The fourth-order valence-electron chi connectivity index (χ4n) is 1.76. The van der Waals surface area contributed by atoms with Gasteiger partial charge < -0.3 is 9.47 Å². The number of hydrogen-bond donors (Lipinski definition) is 0. The lowest BCUT2D eigenvalue weighted by atomic mass is 10.0. The Morgan fingerprint density at radius 2 is 2.10 bits per heavy atom. The third kappa shape index (κ3) is 3.48. The van der Waals surface area contributed by atoms with Crippen LogP contribution in [0.15, 0.2) is 10.7 Å². The van der Waals surface area contributed by atoms with Crippen molar-refractivity contribution < 1.29 is 19.1 Å². The Kier molecular flexibility index (Phi) is 5.50. The number of carbonyl (C=O) groups excluding carboxylic acids is 2. The highest BCUT2D eigenvalue weighted by Crippen LogP contribution is 2.33. The summed E-state index contributed by atoms with van der Waals surface area (Å²) in [4.78, 5) is 26.6. The van der Waals surface area contributed by atoms with E-state index in [0.29, 0.717) is 10.7 Å². The van der Waals surface area contributed by atoms with Crippen molar-refractivity contribution in [2.24, 2.45) is 0 Å².